The first kappa shape index (κ1) is 11.4. The molecular formula is C6H11FO5. The Morgan fingerprint density at radius 3 is 2.33 bits per heavy atom. The van der Waals surface area contributed by atoms with Gasteiger partial charge in [0.15, 0.2) is 0 Å². The maximum absolute atomic E-state index is 12.7. The monoisotopic (exact) mass is 182 g/mol. The zero-order chi connectivity index (χ0) is 9.78. The van der Waals surface area contributed by atoms with Crippen molar-refractivity contribution in [3.8, 4) is 0 Å². The first-order valence-corrected chi connectivity index (χ1v) is 3.27. The fourth-order valence-corrected chi connectivity index (χ4v) is 0.632. The van der Waals surface area contributed by atoms with E-state index < -0.39 is 31.1 Å². The molecule has 0 saturated heterocycles. The van der Waals surface area contributed by atoms with Crippen LogP contribution in [-0.2, 0) is 4.79 Å². The second-order valence-corrected chi connectivity index (χ2v) is 2.38. The Hall–Kier alpha value is -0.560. The van der Waals surface area contributed by atoms with Crippen LogP contribution in [0.25, 0.3) is 0 Å². The molecule has 0 fully saturated rings. The van der Waals surface area contributed by atoms with Crippen LogP contribution < -0.4 is 0 Å². The van der Waals surface area contributed by atoms with Gasteiger partial charge in [-0.05, 0) is 0 Å². The van der Waals surface area contributed by atoms with E-state index in [1.807, 2.05) is 0 Å². The van der Waals surface area contributed by atoms with Gasteiger partial charge >= 0.3 is 0 Å². The molecule has 0 amide bonds. The van der Waals surface area contributed by atoms with Gasteiger partial charge in [0.1, 0.15) is 18.5 Å². The number of hydrogen-bond donors (Lipinski definition) is 4. The van der Waals surface area contributed by atoms with E-state index in [4.69, 9.17) is 20.4 Å². The second-order valence-electron chi connectivity index (χ2n) is 2.38. The van der Waals surface area contributed by atoms with Gasteiger partial charge in [0.05, 0.1) is 13.0 Å². The molecule has 0 aromatic heterocycles. The van der Waals surface area contributed by atoms with Crippen LogP contribution in [-0.4, -0.2) is 51.4 Å². The summed E-state index contributed by atoms with van der Waals surface area (Å²) in [6.07, 6.45) is -4.88. The van der Waals surface area contributed by atoms with Gasteiger partial charge in [-0.25, -0.2) is 4.39 Å². The maximum atomic E-state index is 12.7. The number of hydrogen-bond acceptors (Lipinski definition) is 5. The van der Waals surface area contributed by atoms with E-state index in [1.165, 1.54) is 0 Å². The Kier molecular flexibility index (Phi) is 4.25. The topological polar surface area (TPSA) is 98.0 Å². The third-order valence-electron chi connectivity index (χ3n) is 1.37. The van der Waals surface area contributed by atoms with Crippen LogP contribution in [0.15, 0.2) is 0 Å². The minimum Gasteiger partial charge on any atom is -0.394 e. The molecule has 0 aliphatic rings. The number of carbonyl (C=O) groups excluding carboxylic acids is 1. The summed E-state index contributed by atoms with van der Waals surface area (Å²) in [5, 5.41) is 34.4. The predicted octanol–water partition coefficient (Wildman–Crippen LogP) is -2.05. The number of aliphatic hydroxyl groups excluding tert-OH is 3. The zero-order valence-electron chi connectivity index (χ0n) is 6.22. The largest absolute Gasteiger partial charge is 0.394 e. The first-order chi connectivity index (χ1) is 5.45. The van der Waals surface area contributed by atoms with Gasteiger partial charge < -0.3 is 25.2 Å². The van der Waals surface area contributed by atoms with Crippen molar-refractivity contribution in [2.75, 3.05) is 6.61 Å². The van der Waals surface area contributed by atoms with Crippen LogP contribution in [0.2, 0.25) is 0 Å². The molecule has 0 aliphatic carbocycles. The summed E-state index contributed by atoms with van der Waals surface area (Å²) < 4.78 is 12.7. The lowest BCUT2D eigenvalue weighted by Gasteiger charge is -2.25. The summed E-state index contributed by atoms with van der Waals surface area (Å²) >= 11 is 0. The summed E-state index contributed by atoms with van der Waals surface area (Å²) in [6, 6.07) is 0. The molecule has 0 aliphatic heterocycles. The van der Waals surface area contributed by atoms with Crippen LogP contribution >= 0.6 is 0 Å². The van der Waals surface area contributed by atoms with Gasteiger partial charge in [-0.1, -0.05) is 0 Å². The molecule has 0 heterocycles. The molecule has 0 aromatic rings. The van der Waals surface area contributed by atoms with Crippen molar-refractivity contribution in [2.45, 2.75) is 24.5 Å². The van der Waals surface area contributed by atoms with Gasteiger partial charge in [-0.3, -0.25) is 0 Å². The van der Waals surface area contributed by atoms with E-state index in [1.54, 1.807) is 0 Å². The minimum absolute atomic E-state index is 0.0628. The van der Waals surface area contributed by atoms with Gasteiger partial charge in [-0.15, -0.1) is 0 Å². The molecule has 0 unspecified atom stereocenters. The molecule has 12 heavy (non-hydrogen) atoms. The highest BCUT2D eigenvalue weighted by Crippen LogP contribution is 2.18. The average molecular weight is 182 g/mol. The van der Waals surface area contributed by atoms with E-state index in [2.05, 4.69) is 0 Å². The summed E-state index contributed by atoms with van der Waals surface area (Å²) in [5.41, 5.74) is 0. The van der Waals surface area contributed by atoms with E-state index in [-0.39, 0.29) is 6.29 Å². The van der Waals surface area contributed by atoms with Crippen LogP contribution in [0.4, 0.5) is 4.39 Å². The number of alkyl halides is 1. The summed E-state index contributed by atoms with van der Waals surface area (Å²) in [7, 11) is 0. The standard InChI is InChI=1S/C6H11FO5/c7-6(12,1-2-8)5(11)4(10)3-9/h2,4-5,9-12H,1,3H2/t4-,5-,6+/m1/s1. The second kappa shape index (κ2) is 4.46. The molecule has 6 heteroatoms. The molecule has 0 rings (SSSR count). The molecule has 0 bridgehead atoms. The molecular weight excluding hydrogens is 171 g/mol. The van der Waals surface area contributed by atoms with Crippen molar-refractivity contribution in [1.29, 1.82) is 0 Å². The van der Waals surface area contributed by atoms with Crippen molar-refractivity contribution in [3.63, 3.8) is 0 Å². The Morgan fingerprint density at radius 2 is 2.00 bits per heavy atom. The van der Waals surface area contributed by atoms with Crippen molar-refractivity contribution in [3.05, 3.63) is 0 Å². The van der Waals surface area contributed by atoms with Crippen molar-refractivity contribution < 1.29 is 29.6 Å². The zero-order valence-corrected chi connectivity index (χ0v) is 6.22. The van der Waals surface area contributed by atoms with Gasteiger partial charge in [0.2, 0.25) is 5.85 Å². The van der Waals surface area contributed by atoms with Crippen molar-refractivity contribution in [1.82, 2.24) is 0 Å². The molecule has 5 nitrogen and oxygen atoms in total. The van der Waals surface area contributed by atoms with E-state index in [0.29, 0.717) is 0 Å². The Bertz CT molecular complexity index is 149. The highest BCUT2D eigenvalue weighted by Gasteiger charge is 2.39. The molecule has 0 spiro atoms. The molecule has 0 aromatic carbocycles. The fourth-order valence-electron chi connectivity index (χ4n) is 0.632. The lowest BCUT2D eigenvalue weighted by molar-refractivity contribution is -0.205. The van der Waals surface area contributed by atoms with Crippen LogP contribution in [0.5, 0.6) is 0 Å². The third kappa shape index (κ3) is 2.82. The average Bonchev–Trinajstić information content (AvgIpc) is 2.01. The highest BCUT2D eigenvalue weighted by atomic mass is 19.2. The number of aliphatic hydroxyl groups is 4. The predicted molar refractivity (Wildman–Crippen MR) is 35.8 cm³/mol. The molecule has 3 atom stereocenters. The van der Waals surface area contributed by atoms with E-state index >= 15 is 0 Å². The highest BCUT2D eigenvalue weighted by molar-refractivity contribution is 5.51. The van der Waals surface area contributed by atoms with Crippen LogP contribution in [0.3, 0.4) is 0 Å². The van der Waals surface area contributed by atoms with E-state index in [0.717, 1.165) is 0 Å². The third-order valence-corrected chi connectivity index (χ3v) is 1.37. The fraction of sp³-hybridized carbons (Fsp3) is 0.833. The SMILES string of the molecule is O=CC[C@@](O)(F)[C@H](O)[C@H](O)CO. The molecule has 0 radical (unpaired) electrons. The Balaban J connectivity index is 4.22. The summed E-state index contributed by atoms with van der Waals surface area (Å²) in [5.74, 6) is -3.19. The first-order valence-electron chi connectivity index (χ1n) is 3.27. The van der Waals surface area contributed by atoms with Gasteiger partial charge in [-0.2, -0.15) is 0 Å². The van der Waals surface area contributed by atoms with Gasteiger partial charge in [0, 0.05) is 0 Å². The number of aldehydes is 1. The molecule has 4 N–H and O–H groups in total. The minimum atomic E-state index is -3.19. The normalized spacial score (nSPS) is 21.1. The van der Waals surface area contributed by atoms with Gasteiger partial charge in [0.25, 0.3) is 0 Å². The Labute approximate surface area is 68.1 Å². The number of rotatable bonds is 5. The maximum Gasteiger partial charge on any atom is 0.242 e. The number of halogens is 1. The smallest absolute Gasteiger partial charge is 0.242 e. The Morgan fingerprint density at radius 1 is 1.50 bits per heavy atom. The van der Waals surface area contributed by atoms with Crippen LogP contribution in [0, 0.1) is 0 Å². The van der Waals surface area contributed by atoms with E-state index in [9.17, 15) is 9.18 Å². The summed E-state index contributed by atoms with van der Waals surface area (Å²) in [4.78, 5) is 9.78. The lowest BCUT2D eigenvalue weighted by atomic mass is 10.0. The van der Waals surface area contributed by atoms with Crippen molar-refractivity contribution >= 4 is 6.29 Å². The summed E-state index contributed by atoms with van der Waals surface area (Å²) in [6.45, 7) is -0.897. The molecule has 0 saturated carbocycles. The van der Waals surface area contributed by atoms with Crippen molar-refractivity contribution in [2.24, 2.45) is 0 Å². The quantitative estimate of drug-likeness (QED) is 0.367. The van der Waals surface area contributed by atoms with Crippen LogP contribution in [0.1, 0.15) is 6.42 Å². The molecule has 72 valence electrons. The number of carbonyl (C=O) groups is 1. The lowest BCUT2D eigenvalue weighted by Crippen LogP contribution is -2.47.